The maximum Gasteiger partial charge on any atom is 0.322 e. The smallest absolute Gasteiger partial charge is 0.322 e. The molecule has 0 radical (unpaired) electrons. The Bertz CT molecular complexity index is 1230. The number of nitrogens with zero attached hydrogens (tertiary/aromatic N) is 1. The van der Waals surface area contributed by atoms with Crippen LogP contribution in [0.3, 0.4) is 0 Å². The minimum Gasteiger partial charge on any atom is -0.481 e. The molecule has 48 heavy (non-hydrogen) atoms. The number of carboxylic acids is 2. The van der Waals surface area contributed by atoms with Crippen LogP contribution in [0.25, 0.3) is 0 Å². The lowest BCUT2D eigenvalue weighted by atomic mass is 10.0. The number of nitrogens with one attached hydrogen (secondary N) is 6. The van der Waals surface area contributed by atoms with Gasteiger partial charge in [0.1, 0.15) is 36.8 Å². The molecule has 0 aliphatic carbocycles. The molecule has 19 heteroatoms. The van der Waals surface area contributed by atoms with E-state index in [1.54, 1.807) is 27.7 Å². The molecule has 19 nitrogen and oxygen atoms in total. The summed E-state index contributed by atoms with van der Waals surface area (Å²) < 4.78 is 0. The summed E-state index contributed by atoms with van der Waals surface area (Å²) >= 11 is 0. The van der Waals surface area contributed by atoms with E-state index in [0.717, 1.165) is 0 Å². The Morgan fingerprint density at radius 1 is 0.729 bits per heavy atom. The molecule has 1 fully saturated rings. The fourth-order valence-corrected chi connectivity index (χ4v) is 4.77. The third-order valence-electron chi connectivity index (χ3n) is 7.41. The van der Waals surface area contributed by atoms with Crippen molar-refractivity contribution < 1.29 is 53.4 Å². The first-order valence-electron chi connectivity index (χ1n) is 15.6. The minimum absolute atomic E-state index is 0.205. The van der Waals surface area contributed by atoms with E-state index < -0.39 is 109 Å². The highest BCUT2D eigenvalue weighted by atomic mass is 16.4. The quantitative estimate of drug-likeness (QED) is 0.0638. The number of nitrogens with two attached hydrogens (primary N) is 1. The van der Waals surface area contributed by atoms with E-state index in [1.807, 2.05) is 0 Å². The van der Waals surface area contributed by atoms with Crippen molar-refractivity contribution in [3.8, 4) is 0 Å². The van der Waals surface area contributed by atoms with Gasteiger partial charge in [0.15, 0.2) is 0 Å². The lowest BCUT2D eigenvalue weighted by molar-refractivity contribution is -0.143. The molecular formula is C29H48N8O11. The summed E-state index contributed by atoms with van der Waals surface area (Å²) in [5.74, 6) is -8.38. The van der Waals surface area contributed by atoms with Crippen LogP contribution in [0.2, 0.25) is 0 Å². The first-order chi connectivity index (χ1) is 22.4. The molecule has 0 saturated carbocycles. The lowest BCUT2D eigenvalue weighted by Crippen LogP contribution is -2.58. The van der Waals surface area contributed by atoms with E-state index in [9.17, 15) is 43.2 Å². The van der Waals surface area contributed by atoms with Crippen LogP contribution in [0.5, 0.6) is 0 Å². The lowest BCUT2D eigenvalue weighted by Gasteiger charge is -2.31. The maximum atomic E-state index is 13.5. The molecule has 0 unspecified atom stereocenters. The molecule has 270 valence electrons. The number of hydrogen-bond acceptors (Lipinski definition) is 10. The van der Waals surface area contributed by atoms with Gasteiger partial charge >= 0.3 is 11.9 Å². The second-order valence-electron chi connectivity index (χ2n) is 12.0. The van der Waals surface area contributed by atoms with Gasteiger partial charge in [0.25, 0.3) is 0 Å². The molecule has 7 amide bonds. The van der Waals surface area contributed by atoms with Crippen LogP contribution in [0.4, 0.5) is 0 Å². The van der Waals surface area contributed by atoms with Gasteiger partial charge < -0.3 is 52.7 Å². The fourth-order valence-electron chi connectivity index (χ4n) is 4.77. The Balaban J connectivity index is 2.92. The zero-order chi connectivity index (χ0) is 36.7. The van der Waals surface area contributed by atoms with Gasteiger partial charge in [-0.15, -0.1) is 0 Å². The van der Waals surface area contributed by atoms with Crippen LogP contribution < -0.4 is 37.6 Å². The first-order valence-corrected chi connectivity index (χ1v) is 15.6. The van der Waals surface area contributed by atoms with Crippen molar-refractivity contribution >= 4 is 53.3 Å². The molecule has 1 aliphatic rings. The van der Waals surface area contributed by atoms with Crippen LogP contribution >= 0.6 is 0 Å². The van der Waals surface area contributed by atoms with Gasteiger partial charge in [0.2, 0.25) is 41.4 Å². The minimum atomic E-state index is -1.42. The van der Waals surface area contributed by atoms with E-state index in [0.29, 0.717) is 6.42 Å². The first kappa shape index (κ1) is 41.2. The van der Waals surface area contributed by atoms with Gasteiger partial charge in [-0.25, -0.2) is 0 Å². The second-order valence-corrected chi connectivity index (χ2v) is 12.0. The molecule has 0 aromatic heterocycles. The summed E-state index contributed by atoms with van der Waals surface area (Å²) in [6.07, 6.45) is -0.144. The second kappa shape index (κ2) is 19.8. The zero-order valence-electron chi connectivity index (χ0n) is 27.8. The molecule has 0 spiro atoms. The van der Waals surface area contributed by atoms with Crippen LogP contribution in [-0.4, -0.2) is 125 Å². The van der Waals surface area contributed by atoms with Crippen LogP contribution in [0.15, 0.2) is 0 Å². The van der Waals surface area contributed by atoms with Crippen molar-refractivity contribution in [3.05, 3.63) is 0 Å². The van der Waals surface area contributed by atoms with Crippen molar-refractivity contribution in [2.75, 3.05) is 26.2 Å². The van der Waals surface area contributed by atoms with Crippen LogP contribution in [0.1, 0.15) is 60.3 Å². The van der Waals surface area contributed by atoms with E-state index in [1.165, 1.54) is 11.8 Å². The number of aliphatic carboxylic acids is 2. The summed E-state index contributed by atoms with van der Waals surface area (Å²) in [6.45, 7) is 6.55. The Labute approximate surface area is 277 Å². The summed E-state index contributed by atoms with van der Waals surface area (Å²) in [6, 6.07) is -5.59. The van der Waals surface area contributed by atoms with E-state index >= 15 is 0 Å². The molecule has 1 saturated heterocycles. The van der Waals surface area contributed by atoms with Crippen LogP contribution in [-0.2, 0) is 43.2 Å². The molecule has 0 bridgehead atoms. The highest BCUT2D eigenvalue weighted by Crippen LogP contribution is 2.20. The number of carboxylic acid groups (broad SMARTS) is 2. The van der Waals surface area contributed by atoms with Gasteiger partial charge in [-0.2, -0.15) is 0 Å². The molecule has 0 aromatic carbocycles. The number of likely N-dealkylation sites (tertiary alicyclic amines) is 1. The molecule has 5 atom stereocenters. The van der Waals surface area contributed by atoms with E-state index in [4.69, 9.17) is 15.9 Å². The molecular weight excluding hydrogens is 636 g/mol. The Kier molecular flexibility index (Phi) is 17.0. The van der Waals surface area contributed by atoms with E-state index in [2.05, 4.69) is 31.9 Å². The Morgan fingerprint density at radius 2 is 1.33 bits per heavy atom. The van der Waals surface area contributed by atoms with Crippen molar-refractivity contribution in [3.63, 3.8) is 0 Å². The number of rotatable bonds is 19. The number of amides is 7. The zero-order valence-corrected chi connectivity index (χ0v) is 27.8. The van der Waals surface area contributed by atoms with Gasteiger partial charge in [0, 0.05) is 13.0 Å². The summed E-state index contributed by atoms with van der Waals surface area (Å²) in [5.41, 5.74) is 5.27. The predicted octanol–water partition coefficient (Wildman–Crippen LogP) is -3.61. The Morgan fingerprint density at radius 3 is 1.88 bits per heavy atom. The third kappa shape index (κ3) is 13.5. The monoisotopic (exact) mass is 684 g/mol. The fraction of sp³-hybridized carbons (Fsp3) is 0.690. The summed E-state index contributed by atoms with van der Waals surface area (Å²) in [7, 11) is 0. The van der Waals surface area contributed by atoms with Crippen molar-refractivity contribution in [1.82, 2.24) is 36.8 Å². The summed E-state index contributed by atoms with van der Waals surface area (Å²) in [4.78, 5) is 112. The maximum absolute atomic E-state index is 13.5. The summed E-state index contributed by atoms with van der Waals surface area (Å²) in [5, 5.41) is 32.3. The third-order valence-corrected chi connectivity index (χ3v) is 7.41. The number of carbonyl (C=O) groups is 9. The van der Waals surface area contributed by atoms with E-state index in [-0.39, 0.29) is 31.8 Å². The van der Waals surface area contributed by atoms with Crippen molar-refractivity contribution in [1.29, 1.82) is 0 Å². The van der Waals surface area contributed by atoms with Gasteiger partial charge in [-0.3, -0.25) is 43.2 Å². The number of carbonyl (C=O) groups excluding carboxylic acids is 7. The average molecular weight is 685 g/mol. The van der Waals surface area contributed by atoms with Gasteiger partial charge in [-0.05, 0) is 38.0 Å². The molecule has 10 N–H and O–H groups in total. The predicted molar refractivity (Wildman–Crippen MR) is 167 cm³/mol. The SMILES string of the molecule is CC(C)[C@H](NC(=O)[C@H](CCC(=O)O)NC(=O)CNC(=O)[C@@H]1CCCN1C(=O)[C@@H](NC(=O)[C@H](C)NC(=O)CN)C(C)C)C(=O)NCC(=O)O. The highest BCUT2D eigenvalue weighted by Gasteiger charge is 2.39. The normalized spacial score (nSPS) is 16.6. The molecule has 0 aromatic rings. The van der Waals surface area contributed by atoms with Crippen molar-refractivity contribution in [2.24, 2.45) is 17.6 Å². The molecule has 1 rings (SSSR count). The standard InChI is InChI=1S/C29H48N8O11/c1-14(2)23(28(47)32-13-22(42)43)35-26(45)17(8-9-21(40)41)34-20(39)12-31-27(46)18-7-6-10-37(18)29(48)24(15(3)4)36-25(44)16(5)33-19(38)11-30/h14-18,23-24H,6-13,30H2,1-5H3,(H,31,46)(H,32,47)(H,33,38)(H,34,39)(H,35,45)(H,36,44)(H,40,41)(H,42,43)/t16-,17-,18-,23-,24-/m0/s1. The molecule has 1 aliphatic heterocycles. The largest absolute Gasteiger partial charge is 0.481 e. The van der Waals surface area contributed by atoms with Crippen LogP contribution in [0, 0.1) is 11.8 Å². The Hall–Kier alpha value is -4.81. The molecule has 1 heterocycles. The van der Waals surface area contributed by atoms with Crippen molar-refractivity contribution in [2.45, 2.75) is 90.5 Å². The van der Waals surface area contributed by atoms with Gasteiger partial charge in [-0.1, -0.05) is 27.7 Å². The number of hydrogen-bond donors (Lipinski definition) is 9. The average Bonchev–Trinajstić information content (AvgIpc) is 3.51. The highest BCUT2D eigenvalue weighted by molar-refractivity contribution is 5.96. The topological polar surface area (TPSA) is 296 Å². The van der Waals surface area contributed by atoms with Gasteiger partial charge in [0.05, 0.1) is 13.1 Å².